The van der Waals surface area contributed by atoms with E-state index in [0.29, 0.717) is 35.6 Å². The number of hydrogen-bond acceptors (Lipinski definition) is 4. The summed E-state index contributed by atoms with van der Waals surface area (Å²) in [4.78, 5) is 12.5. The SMILES string of the molecule is COc1cc(OC)cc(C(=O)NCCOc2ccc(C34CC5CC(CC(C5)C3)C4)cc2)c1. The van der Waals surface area contributed by atoms with Crippen LogP contribution in [0.25, 0.3) is 0 Å². The molecule has 4 aliphatic rings. The lowest BCUT2D eigenvalue weighted by molar-refractivity contribution is -0.00520. The zero-order valence-electron chi connectivity index (χ0n) is 19.1. The van der Waals surface area contributed by atoms with Crippen LogP contribution in [0.15, 0.2) is 42.5 Å². The fourth-order valence-corrected chi connectivity index (χ4v) is 6.74. The Bertz CT molecular complexity index is 911. The summed E-state index contributed by atoms with van der Waals surface area (Å²) in [6, 6.07) is 13.9. The second-order valence-electron chi connectivity index (χ2n) is 9.93. The summed E-state index contributed by atoms with van der Waals surface area (Å²) >= 11 is 0. The number of benzene rings is 2. The molecular formula is C27H33NO4. The van der Waals surface area contributed by atoms with E-state index in [4.69, 9.17) is 14.2 Å². The third-order valence-electron chi connectivity index (χ3n) is 7.77. The highest BCUT2D eigenvalue weighted by Crippen LogP contribution is 2.60. The largest absolute Gasteiger partial charge is 0.497 e. The molecule has 0 radical (unpaired) electrons. The third-order valence-corrected chi connectivity index (χ3v) is 7.77. The van der Waals surface area contributed by atoms with Crippen LogP contribution < -0.4 is 19.5 Å². The molecule has 5 heteroatoms. The predicted molar refractivity (Wildman–Crippen MR) is 124 cm³/mol. The molecule has 4 bridgehead atoms. The summed E-state index contributed by atoms with van der Waals surface area (Å²) in [5.41, 5.74) is 2.42. The van der Waals surface area contributed by atoms with Crippen LogP contribution in [-0.2, 0) is 5.41 Å². The topological polar surface area (TPSA) is 56.8 Å². The molecule has 5 nitrogen and oxygen atoms in total. The van der Waals surface area contributed by atoms with Gasteiger partial charge in [0.25, 0.3) is 5.91 Å². The number of carbonyl (C=O) groups excluding carboxylic acids is 1. The number of ether oxygens (including phenoxy) is 3. The van der Waals surface area contributed by atoms with Crippen molar-refractivity contribution in [3.05, 3.63) is 53.6 Å². The molecule has 32 heavy (non-hydrogen) atoms. The Kier molecular flexibility index (Phi) is 5.75. The Morgan fingerprint density at radius 2 is 1.44 bits per heavy atom. The molecule has 0 unspecified atom stereocenters. The lowest BCUT2D eigenvalue weighted by atomic mass is 9.48. The van der Waals surface area contributed by atoms with E-state index in [9.17, 15) is 4.79 Å². The zero-order valence-corrected chi connectivity index (χ0v) is 19.1. The van der Waals surface area contributed by atoms with Crippen molar-refractivity contribution in [3.8, 4) is 17.2 Å². The Morgan fingerprint density at radius 3 is 1.97 bits per heavy atom. The van der Waals surface area contributed by atoms with E-state index < -0.39 is 0 Å². The summed E-state index contributed by atoms with van der Waals surface area (Å²) in [6.07, 6.45) is 8.53. The van der Waals surface area contributed by atoms with Gasteiger partial charge in [-0.3, -0.25) is 4.79 Å². The van der Waals surface area contributed by atoms with Crippen molar-refractivity contribution in [2.24, 2.45) is 17.8 Å². The van der Waals surface area contributed by atoms with Gasteiger partial charge in [-0.05, 0) is 91.5 Å². The Balaban J connectivity index is 1.14. The zero-order chi connectivity index (χ0) is 22.1. The molecule has 0 aliphatic heterocycles. The third kappa shape index (κ3) is 4.17. The number of carbonyl (C=O) groups is 1. The molecule has 1 N–H and O–H groups in total. The first-order valence-corrected chi connectivity index (χ1v) is 11.8. The molecular weight excluding hydrogens is 402 g/mol. The highest BCUT2D eigenvalue weighted by Gasteiger charge is 2.51. The summed E-state index contributed by atoms with van der Waals surface area (Å²) < 4.78 is 16.4. The van der Waals surface area contributed by atoms with E-state index in [1.54, 1.807) is 32.4 Å². The average Bonchev–Trinajstić information content (AvgIpc) is 2.80. The molecule has 0 spiro atoms. The van der Waals surface area contributed by atoms with Crippen molar-refractivity contribution in [1.29, 1.82) is 0 Å². The van der Waals surface area contributed by atoms with Gasteiger partial charge in [-0.25, -0.2) is 0 Å². The summed E-state index contributed by atoms with van der Waals surface area (Å²) in [6.45, 7) is 0.846. The second kappa shape index (κ2) is 8.68. The van der Waals surface area contributed by atoms with Crippen LogP contribution in [0.3, 0.4) is 0 Å². The van der Waals surface area contributed by atoms with Gasteiger partial charge in [-0.1, -0.05) is 12.1 Å². The van der Waals surface area contributed by atoms with Crippen LogP contribution in [0.2, 0.25) is 0 Å². The van der Waals surface area contributed by atoms with E-state index >= 15 is 0 Å². The minimum atomic E-state index is -0.178. The van der Waals surface area contributed by atoms with E-state index in [-0.39, 0.29) is 5.91 Å². The Labute approximate surface area is 190 Å². The number of rotatable bonds is 8. The molecule has 1 amide bonds. The second-order valence-corrected chi connectivity index (χ2v) is 9.93. The molecule has 0 aromatic heterocycles. The van der Waals surface area contributed by atoms with Crippen molar-refractivity contribution in [2.75, 3.05) is 27.4 Å². The van der Waals surface area contributed by atoms with Gasteiger partial charge in [0.15, 0.2) is 0 Å². The van der Waals surface area contributed by atoms with Gasteiger partial charge in [0, 0.05) is 11.6 Å². The number of amides is 1. The minimum Gasteiger partial charge on any atom is -0.497 e. The van der Waals surface area contributed by atoms with Gasteiger partial charge < -0.3 is 19.5 Å². The number of hydrogen-bond donors (Lipinski definition) is 1. The monoisotopic (exact) mass is 435 g/mol. The van der Waals surface area contributed by atoms with Gasteiger partial charge in [-0.15, -0.1) is 0 Å². The predicted octanol–water partition coefficient (Wildman–Crippen LogP) is 4.98. The molecule has 4 aliphatic carbocycles. The van der Waals surface area contributed by atoms with Gasteiger partial charge in [-0.2, -0.15) is 0 Å². The average molecular weight is 436 g/mol. The maximum absolute atomic E-state index is 12.5. The highest BCUT2D eigenvalue weighted by molar-refractivity contribution is 5.95. The molecule has 170 valence electrons. The van der Waals surface area contributed by atoms with Crippen molar-refractivity contribution < 1.29 is 19.0 Å². The molecule has 0 heterocycles. The van der Waals surface area contributed by atoms with Crippen molar-refractivity contribution in [2.45, 2.75) is 43.9 Å². The van der Waals surface area contributed by atoms with Crippen LogP contribution in [0.1, 0.15) is 54.4 Å². The molecule has 2 aromatic carbocycles. The molecule has 0 atom stereocenters. The summed E-state index contributed by atoms with van der Waals surface area (Å²) in [5.74, 6) is 4.70. The smallest absolute Gasteiger partial charge is 0.251 e. The van der Waals surface area contributed by atoms with Gasteiger partial charge in [0.05, 0.1) is 20.8 Å². The first-order chi connectivity index (χ1) is 15.6. The Morgan fingerprint density at radius 1 is 0.875 bits per heavy atom. The first kappa shape index (κ1) is 21.2. The van der Waals surface area contributed by atoms with Crippen LogP contribution >= 0.6 is 0 Å². The van der Waals surface area contributed by atoms with Crippen LogP contribution in [-0.4, -0.2) is 33.3 Å². The molecule has 4 fully saturated rings. The standard InChI is InChI=1S/C27H33NO4/c1-30-24-12-21(13-25(14-24)31-2)26(29)28-7-8-32-23-5-3-22(4-6-23)27-15-18-9-19(16-27)11-20(10-18)17-27/h3-6,12-14,18-20H,7-11,15-17H2,1-2H3,(H,28,29). The fraction of sp³-hybridized carbons (Fsp3) is 0.519. The van der Waals surface area contributed by atoms with Gasteiger partial charge in [0.1, 0.15) is 23.9 Å². The van der Waals surface area contributed by atoms with Gasteiger partial charge in [0.2, 0.25) is 0 Å². The van der Waals surface area contributed by atoms with Crippen molar-refractivity contribution in [3.63, 3.8) is 0 Å². The normalized spacial score (nSPS) is 27.8. The fourth-order valence-electron chi connectivity index (χ4n) is 6.74. The van der Waals surface area contributed by atoms with Gasteiger partial charge >= 0.3 is 0 Å². The summed E-state index contributed by atoms with van der Waals surface area (Å²) in [5, 5.41) is 2.90. The van der Waals surface area contributed by atoms with E-state index in [1.165, 1.54) is 44.1 Å². The maximum Gasteiger partial charge on any atom is 0.251 e. The van der Waals surface area contributed by atoms with E-state index in [0.717, 1.165) is 23.5 Å². The quantitative estimate of drug-likeness (QED) is 0.594. The summed E-state index contributed by atoms with van der Waals surface area (Å²) in [7, 11) is 3.14. The molecule has 2 aromatic rings. The van der Waals surface area contributed by atoms with Crippen molar-refractivity contribution in [1.82, 2.24) is 5.32 Å². The Hall–Kier alpha value is -2.69. The van der Waals surface area contributed by atoms with Crippen molar-refractivity contribution >= 4 is 5.91 Å². The number of methoxy groups -OCH3 is 2. The van der Waals surface area contributed by atoms with Crippen LogP contribution in [0, 0.1) is 17.8 Å². The van der Waals surface area contributed by atoms with E-state index in [1.807, 2.05) is 0 Å². The molecule has 6 rings (SSSR count). The first-order valence-electron chi connectivity index (χ1n) is 11.8. The van der Waals surface area contributed by atoms with Crippen LogP contribution in [0.5, 0.6) is 17.2 Å². The number of nitrogens with one attached hydrogen (secondary N) is 1. The lowest BCUT2D eigenvalue weighted by Crippen LogP contribution is -2.48. The van der Waals surface area contributed by atoms with E-state index in [2.05, 4.69) is 29.6 Å². The molecule has 0 saturated heterocycles. The molecule has 4 saturated carbocycles. The van der Waals surface area contributed by atoms with Crippen LogP contribution in [0.4, 0.5) is 0 Å². The highest BCUT2D eigenvalue weighted by atomic mass is 16.5. The minimum absolute atomic E-state index is 0.178. The lowest BCUT2D eigenvalue weighted by Gasteiger charge is -2.57. The maximum atomic E-state index is 12.5.